The number of aryl methyl sites for hydroxylation is 2. The van der Waals surface area contributed by atoms with Crippen LogP contribution in [-0.4, -0.2) is 18.9 Å². The third kappa shape index (κ3) is 3.57. The lowest BCUT2D eigenvalue weighted by Crippen LogP contribution is -2.32. The minimum Gasteiger partial charge on any atom is -0.497 e. The van der Waals surface area contributed by atoms with Crippen LogP contribution in [-0.2, 0) is 9.59 Å². The van der Waals surface area contributed by atoms with E-state index in [1.807, 2.05) is 62.4 Å². The van der Waals surface area contributed by atoms with Gasteiger partial charge in [-0.3, -0.25) is 9.59 Å². The second kappa shape index (κ2) is 7.87. The van der Waals surface area contributed by atoms with Gasteiger partial charge >= 0.3 is 0 Å². The summed E-state index contributed by atoms with van der Waals surface area (Å²) in [6, 6.07) is 22.2. The van der Waals surface area contributed by atoms with Crippen LogP contribution in [0, 0.1) is 13.8 Å². The maximum Gasteiger partial charge on any atom is 0.282 e. The fourth-order valence-electron chi connectivity index (χ4n) is 3.38. The minimum atomic E-state index is -0.379. The van der Waals surface area contributed by atoms with Crippen LogP contribution in [0.5, 0.6) is 5.75 Å². The van der Waals surface area contributed by atoms with Gasteiger partial charge in [0.05, 0.1) is 18.4 Å². The number of benzene rings is 3. The summed E-state index contributed by atoms with van der Waals surface area (Å²) >= 11 is 0. The van der Waals surface area contributed by atoms with Crippen LogP contribution in [0.15, 0.2) is 78.5 Å². The number of imide groups is 1. The number of carbonyl (C=O) groups is 2. The summed E-state index contributed by atoms with van der Waals surface area (Å²) in [5.74, 6) is -0.0117. The summed E-state index contributed by atoms with van der Waals surface area (Å²) in [5, 5.41) is 3.16. The number of rotatable bonds is 5. The molecule has 0 unspecified atom stereocenters. The number of nitrogens with zero attached hydrogens (tertiary/aromatic N) is 1. The molecule has 0 spiro atoms. The molecular weight excluding hydrogens is 376 g/mol. The number of methoxy groups -OCH3 is 1. The zero-order valence-corrected chi connectivity index (χ0v) is 17.1. The molecule has 30 heavy (non-hydrogen) atoms. The Morgan fingerprint density at radius 1 is 0.733 bits per heavy atom. The molecule has 0 atom stereocenters. The standard InChI is InChI=1S/C25H22N2O3/c1-16-4-8-18(9-5-16)22-23(26-19-10-14-21(30-3)15-11-19)25(29)27(24(22)28)20-12-6-17(2)7-13-20/h4-15,26H,1-3H3. The van der Waals surface area contributed by atoms with E-state index >= 15 is 0 Å². The highest BCUT2D eigenvalue weighted by Crippen LogP contribution is 2.34. The maximum atomic E-state index is 13.4. The molecule has 0 saturated heterocycles. The van der Waals surface area contributed by atoms with Crippen molar-refractivity contribution in [2.45, 2.75) is 13.8 Å². The predicted octanol–water partition coefficient (Wildman–Crippen LogP) is 4.71. The Bertz CT molecular complexity index is 1130. The highest BCUT2D eigenvalue weighted by atomic mass is 16.5. The highest BCUT2D eigenvalue weighted by Gasteiger charge is 2.40. The first-order chi connectivity index (χ1) is 14.5. The molecular formula is C25H22N2O3. The van der Waals surface area contributed by atoms with Gasteiger partial charge in [0, 0.05) is 5.69 Å². The van der Waals surface area contributed by atoms with Gasteiger partial charge in [-0.15, -0.1) is 0 Å². The van der Waals surface area contributed by atoms with Gasteiger partial charge in [0.15, 0.2) is 0 Å². The van der Waals surface area contributed by atoms with Crippen LogP contribution in [0.1, 0.15) is 16.7 Å². The van der Waals surface area contributed by atoms with Crippen molar-refractivity contribution < 1.29 is 14.3 Å². The molecule has 2 amide bonds. The fraction of sp³-hybridized carbons (Fsp3) is 0.120. The van der Waals surface area contributed by atoms with Crippen LogP contribution < -0.4 is 15.0 Å². The Morgan fingerprint density at radius 2 is 1.30 bits per heavy atom. The van der Waals surface area contributed by atoms with Crippen LogP contribution in [0.25, 0.3) is 5.57 Å². The second-order valence-electron chi connectivity index (χ2n) is 7.25. The van der Waals surface area contributed by atoms with Crippen LogP contribution in [0.3, 0.4) is 0 Å². The molecule has 1 aliphatic rings. The third-order valence-electron chi connectivity index (χ3n) is 5.08. The first-order valence-corrected chi connectivity index (χ1v) is 9.66. The lowest BCUT2D eigenvalue weighted by Gasteiger charge is -2.15. The third-order valence-corrected chi connectivity index (χ3v) is 5.08. The zero-order chi connectivity index (χ0) is 21.3. The van der Waals surface area contributed by atoms with Crippen LogP contribution in [0.2, 0.25) is 0 Å². The summed E-state index contributed by atoms with van der Waals surface area (Å²) in [4.78, 5) is 27.9. The SMILES string of the molecule is COc1ccc(NC2=C(c3ccc(C)cc3)C(=O)N(c3ccc(C)cc3)C2=O)cc1. The van der Waals surface area contributed by atoms with Gasteiger partial charge in [0.2, 0.25) is 0 Å². The van der Waals surface area contributed by atoms with Crippen molar-refractivity contribution >= 4 is 28.8 Å². The number of nitrogens with one attached hydrogen (secondary N) is 1. The van der Waals surface area contributed by atoms with Crippen LogP contribution in [0.4, 0.5) is 11.4 Å². The second-order valence-corrected chi connectivity index (χ2v) is 7.25. The molecule has 0 aliphatic carbocycles. The quantitative estimate of drug-likeness (QED) is 0.633. The van der Waals surface area contributed by atoms with E-state index in [0.717, 1.165) is 11.1 Å². The molecule has 1 aliphatic heterocycles. The highest BCUT2D eigenvalue weighted by molar-refractivity contribution is 6.46. The molecule has 0 saturated carbocycles. The van der Waals surface area contributed by atoms with Gasteiger partial charge in [0.1, 0.15) is 11.4 Å². The number of anilines is 2. The topological polar surface area (TPSA) is 58.6 Å². The predicted molar refractivity (Wildman–Crippen MR) is 118 cm³/mol. The van der Waals surface area contributed by atoms with E-state index in [1.165, 1.54) is 4.90 Å². The Balaban J connectivity index is 1.78. The molecule has 3 aromatic carbocycles. The monoisotopic (exact) mass is 398 g/mol. The van der Waals surface area contributed by atoms with Crippen molar-refractivity contribution in [3.8, 4) is 5.75 Å². The van der Waals surface area contributed by atoms with E-state index < -0.39 is 0 Å². The molecule has 3 aromatic rings. The first kappa shape index (κ1) is 19.5. The summed E-state index contributed by atoms with van der Waals surface area (Å²) in [7, 11) is 1.60. The lowest BCUT2D eigenvalue weighted by molar-refractivity contribution is -0.120. The van der Waals surface area contributed by atoms with Gasteiger partial charge in [-0.2, -0.15) is 0 Å². The number of carbonyl (C=O) groups excluding carboxylic acids is 2. The van der Waals surface area contributed by atoms with E-state index in [0.29, 0.717) is 28.3 Å². The molecule has 0 aromatic heterocycles. The number of hydrogen-bond acceptors (Lipinski definition) is 4. The molecule has 0 fully saturated rings. The summed E-state index contributed by atoms with van der Waals surface area (Å²) < 4.78 is 5.19. The molecule has 0 radical (unpaired) electrons. The van der Waals surface area contributed by atoms with Gasteiger partial charge in [-0.05, 0) is 55.8 Å². The van der Waals surface area contributed by atoms with Crippen molar-refractivity contribution in [3.05, 3.63) is 95.2 Å². The number of ether oxygens (including phenoxy) is 1. The number of amides is 2. The summed E-state index contributed by atoms with van der Waals surface area (Å²) in [6.07, 6.45) is 0. The largest absolute Gasteiger partial charge is 0.497 e. The fourth-order valence-corrected chi connectivity index (χ4v) is 3.38. The summed E-state index contributed by atoms with van der Waals surface area (Å²) in [6.45, 7) is 3.94. The van der Waals surface area contributed by atoms with Crippen molar-refractivity contribution in [1.29, 1.82) is 0 Å². The van der Waals surface area contributed by atoms with E-state index in [2.05, 4.69) is 5.32 Å². The molecule has 1 N–H and O–H groups in total. The van der Waals surface area contributed by atoms with E-state index in [9.17, 15) is 9.59 Å². The minimum absolute atomic E-state index is 0.259. The van der Waals surface area contributed by atoms with Gasteiger partial charge in [-0.1, -0.05) is 47.5 Å². The normalized spacial score (nSPS) is 13.8. The van der Waals surface area contributed by atoms with Gasteiger partial charge in [-0.25, -0.2) is 4.90 Å². The van der Waals surface area contributed by atoms with Crippen molar-refractivity contribution in [1.82, 2.24) is 0 Å². The molecule has 5 nitrogen and oxygen atoms in total. The zero-order valence-electron chi connectivity index (χ0n) is 17.1. The smallest absolute Gasteiger partial charge is 0.282 e. The van der Waals surface area contributed by atoms with Crippen molar-refractivity contribution in [3.63, 3.8) is 0 Å². The molecule has 1 heterocycles. The maximum absolute atomic E-state index is 13.4. The first-order valence-electron chi connectivity index (χ1n) is 9.66. The average molecular weight is 398 g/mol. The van der Waals surface area contributed by atoms with Crippen molar-refractivity contribution in [2.24, 2.45) is 0 Å². The molecule has 4 rings (SSSR count). The van der Waals surface area contributed by atoms with E-state index in [1.54, 1.807) is 31.4 Å². The van der Waals surface area contributed by atoms with Crippen molar-refractivity contribution in [2.75, 3.05) is 17.3 Å². The van der Waals surface area contributed by atoms with Crippen LogP contribution >= 0.6 is 0 Å². The average Bonchev–Trinajstić information content (AvgIpc) is 3.00. The lowest BCUT2D eigenvalue weighted by atomic mass is 10.0. The van der Waals surface area contributed by atoms with Gasteiger partial charge in [0.25, 0.3) is 11.8 Å². The Morgan fingerprint density at radius 3 is 1.87 bits per heavy atom. The molecule has 5 heteroatoms. The Labute approximate surface area is 175 Å². The molecule has 0 bridgehead atoms. The summed E-state index contributed by atoms with van der Waals surface area (Å²) in [5.41, 5.74) is 4.70. The van der Waals surface area contributed by atoms with Gasteiger partial charge < -0.3 is 10.1 Å². The Hall–Kier alpha value is -3.86. The number of hydrogen-bond donors (Lipinski definition) is 1. The van der Waals surface area contributed by atoms with E-state index in [-0.39, 0.29) is 17.5 Å². The molecule has 150 valence electrons. The van der Waals surface area contributed by atoms with E-state index in [4.69, 9.17) is 4.74 Å². The Kier molecular flexibility index (Phi) is 5.11.